The molecule has 1 amide bonds. The second kappa shape index (κ2) is 5.89. The van der Waals surface area contributed by atoms with Gasteiger partial charge in [0, 0.05) is 30.3 Å². The van der Waals surface area contributed by atoms with Crippen LogP contribution in [0.3, 0.4) is 0 Å². The fraction of sp³-hybridized carbons (Fsp3) is 0.615. The van der Waals surface area contributed by atoms with Crippen LogP contribution in [0.1, 0.15) is 23.3 Å². The molecule has 2 rings (SSSR count). The number of nitrogens with zero attached hydrogens (tertiary/aromatic N) is 2. The van der Waals surface area contributed by atoms with Crippen molar-refractivity contribution in [3.63, 3.8) is 0 Å². The van der Waals surface area contributed by atoms with Crippen LogP contribution in [0.2, 0.25) is 0 Å². The van der Waals surface area contributed by atoms with Crippen LogP contribution in [0.15, 0.2) is 16.7 Å². The number of aromatic amines is 1. The minimum atomic E-state index is 0.115. The van der Waals surface area contributed by atoms with Gasteiger partial charge in [-0.1, -0.05) is 0 Å². The first kappa shape index (κ1) is 13.6. The minimum Gasteiger partial charge on any atom is -0.356 e. The number of likely N-dealkylation sites (tertiary alicyclic amines) is 1. The van der Waals surface area contributed by atoms with Gasteiger partial charge in [0.25, 0.3) is 5.91 Å². The van der Waals surface area contributed by atoms with Crippen LogP contribution in [-0.4, -0.2) is 54.4 Å². The number of halogens is 1. The third-order valence-electron chi connectivity index (χ3n) is 3.40. The van der Waals surface area contributed by atoms with Crippen LogP contribution in [0.5, 0.6) is 0 Å². The maximum Gasteiger partial charge on any atom is 0.270 e. The van der Waals surface area contributed by atoms with Gasteiger partial charge >= 0.3 is 0 Å². The zero-order valence-electron chi connectivity index (χ0n) is 10.9. The summed E-state index contributed by atoms with van der Waals surface area (Å²) in [5.74, 6) is 0.837. The second-order valence-electron chi connectivity index (χ2n) is 5.23. The zero-order valence-corrected chi connectivity index (χ0v) is 12.5. The number of rotatable bonds is 3. The van der Waals surface area contributed by atoms with Gasteiger partial charge < -0.3 is 14.8 Å². The van der Waals surface area contributed by atoms with E-state index in [1.54, 1.807) is 6.20 Å². The fourth-order valence-electron chi connectivity index (χ4n) is 2.50. The number of aromatic nitrogens is 1. The van der Waals surface area contributed by atoms with Crippen molar-refractivity contribution in [3.8, 4) is 0 Å². The quantitative estimate of drug-likeness (QED) is 0.929. The Hall–Kier alpha value is -0.810. The first-order chi connectivity index (χ1) is 8.56. The summed E-state index contributed by atoms with van der Waals surface area (Å²) in [5.41, 5.74) is 0.674. The van der Waals surface area contributed by atoms with E-state index in [2.05, 4.69) is 39.9 Å². The van der Waals surface area contributed by atoms with E-state index in [0.717, 1.165) is 42.9 Å². The van der Waals surface area contributed by atoms with Crippen LogP contribution in [0.25, 0.3) is 0 Å². The Bertz CT molecular complexity index is 408. The molecule has 0 aromatic carbocycles. The normalized spacial score (nSPS) is 17.4. The third-order valence-corrected chi connectivity index (χ3v) is 3.86. The first-order valence-corrected chi connectivity index (χ1v) is 7.13. The summed E-state index contributed by atoms with van der Waals surface area (Å²) in [6, 6.07) is 1.84. The zero-order chi connectivity index (χ0) is 13.1. The van der Waals surface area contributed by atoms with Crippen LogP contribution in [0, 0.1) is 5.92 Å². The van der Waals surface area contributed by atoms with Gasteiger partial charge in [0.2, 0.25) is 0 Å². The van der Waals surface area contributed by atoms with E-state index in [9.17, 15) is 4.79 Å². The summed E-state index contributed by atoms with van der Waals surface area (Å²) in [4.78, 5) is 19.4. The van der Waals surface area contributed by atoms with E-state index in [1.807, 2.05) is 11.0 Å². The van der Waals surface area contributed by atoms with Gasteiger partial charge in [0.1, 0.15) is 5.69 Å². The summed E-state index contributed by atoms with van der Waals surface area (Å²) < 4.78 is 0.924. The molecule has 2 heterocycles. The Balaban J connectivity index is 1.88. The molecule has 1 aliphatic heterocycles. The molecule has 0 spiro atoms. The highest BCUT2D eigenvalue weighted by Crippen LogP contribution is 2.20. The molecule has 1 aromatic rings. The van der Waals surface area contributed by atoms with Gasteiger partial charge in [0.05, 0.1) is 0 Å². The fourth-order valence-corrected chi connectivity index (χ4v) is 2.84. The third kappa shape index (κ3) is 3.36. The Kier molecular flexibility index (Phi) is 4.45. The Morgan fingerprint density at radius 3 is 2.67 bits per heavy atom. The van der Waals surface area contributed by atoms with Gasteiger partial charge in [-0.3, -0.25) is 4.79 Å². The first-order valence-electron chi connectivity index (χ1n) is 6.34. The number of nitrogens with one attached hydrogen (secondary N) is 1. The average Bonchev–Trinajstić information content (AvgIpc) is 2.75. The van der Waals surface area contributed by atoms with E-state index in [0.29, 0.717) is 5.69 Å². The average molecular weight is 314 g/mol. The highest BCUT2D eigenvalue weighted by Gasteiger charge is 2.24. The summed E-state index contributed by atoms with van der Waals surface area (Å²) in [6.07, 6.45) is 4.00. The van der Waals surface area contributed by atoms with Crippen LogP contribution >= 0.6 is 15.9 Å². The standard InChI is InChI=1S/C13H20BrN3O/c1-16(2)9-10-3-5-17(6-4-10)13(18)12-7-11(14)8-15-12/h7-8,10,15H,3-6,9H2,1-2H3. The molecule has 1 fully saturated rings. The van der Waals surface area contributed by atoms with Crippen LogP contribution < -0.4 is 0 Å². The molecule has 0 atom stereocenters. The lowest BCUT2D eigenvalue weighted by atomic mass is 9.96. The summed E-state index contributed by atoms with van der Waals surface area (Å²) >= 11 is 3.35. The maximum absolute atomic E-state index is 12.2. The Morgan fingerprint density at radius 1 is 1.50 bits per heavy atom. The molecule has 1 aliphatic rings. The molecule has 1 N–H and O–H groups in total. The van der Waals surface area contributed by atoms with Crippen molar-refractivity contribution < 1.29 is 4.79 Å². The number of piperidine rings is 1. The molecule has 4 nitrogen and oxygen atoms in total. The predicted molar refractivity (Wildman–Crippen MR) is 75.7 cm³/mol. The highest BCUT2D eigenvalue weighted by atomic mass is 79.9. The lowest BCUT2D eigenvalue weighted by Crippen LogP contribution is -2.40. The second-order valence-corrected chi connectivity index (χ2v) is 6.15. The van der Waals surface area contributed by atoms with E-state index in [4.69, 9.17) is 0 Å². The van der Waals surface area contributed by atoms with E-state index >= 15 is 0 Å². The molecular formula is C13H20BrN3O. The van der Waals surface area contributed by atoms with Gasteiger partial charge in [-0.25, -0.2) is 0 Å². The van der Waals surface area contributed by atoms with Crippen molar-refractivity contribution in [3.05, 3.63) is 22.4 Å². The smallest absolute Gasteiger partial charge is 0.270 e. The largest absolute Gasteiger partial charge is 0.356 e. The maximum atomic E-state index is 12.2. The summed E-state index contributed by atoms with van der Waals surface area (Å²) in [7, 11) is 4.21. The van der Waals surface area contributed by atoms with E-state index in [-0.39, 0.29) is 5.91 Å². The predicted octanol–water partition coefficient (Wildman–Crippen LogP) is 2.19. The van der Waals surface area contributed by atoms with Crippen molar-refractivity contribution in [2.24, 2.45) is 5.92 Å². The molecule has 0 unspecified atom stereocenters. The van der Waals surface area contributed by atoms with Crippen molar-refractivity contribution >= 4 is 21.8 Å². The molecular weight excluding hydrogens is 294 g/mol. The van der Waals surface area contributed by atoms with Crippen LogP contribution in [0.4, 0.5) is 0 Å². The van der Waals surface area contributed by atoms with E-state index < -0.39 is 0 Å². The van der Waals surface area contributed by atoms with Gasteiger partial charge in [-0.2, -0.15) is 0 Å². The summed E-state index contributed by atoms with van der Waals surface area (Å²) in [5, 5.41) is 0. The summed E-state index contributed by atoms with van der Waals surface area (Å²) in [6.45, 7) is 2.86. The molecule has 5 heteroatoms. The number of hydrogen-bond donors (Lipinski definition) is 1. The number of amides is 1. The minimum absolute atomic E-state index is 0.115. The molecule has 0 aliphatic carbocycles. The number of hydrogen-bond acceptors (Lipinski definition) is 2. The molecule has 1 aromatic heterocycles. The topological polar surface area (TPSA) is 39.3 Å². The molecule has 0 bridgehead atoms. The molecule has 0 saturated carbocycles. The molecule has 18 heavy (non-hydrogen) atoms. The number of carbonyl (C=O) groups excluding carboxylic acids is 1. The van der Waals surface area contributed by atoms with Gasteiger partial charge in [-0.15, -0.1) is 0 Å². The van der Waals surface area contributed by atoms with Crippen molar-refractivity contribution in [2.75, 3.05) is 33.7 Å². The highest BCUT2D eigenvalue weighted by molar-refractivity contribution is 9.10. The lowest BCUT2D eigenvalue weighted by Gasteiger charge is -2.33. The van der Waals surface area contributed by atoms with Crippen LogP contribution in [-0.2, 0) is 0 Å². The SMILES string of the molecule is CN(C)CC1CCN(C(=O)c2cc(Br)c[nH]2)CC1. The van der Waals surface area contributed by atoms with Crippen molar-refractivity contribution in [1.82, 2.24) is 14.8 Å². The number of carbonyl (C=O) groups is 1. The van der Waals surface area contributed by atoms with Crippen molar-refractivity contribution in [1.29, 1.82) is 0 Å². The Labute approximate surface area is 116 Å². The van der Waals surface area contributed by atoms with Gasteiger partial charge in [0.15, 0.2) is 0 Å². The Morgan fingerprint density at radius 2 is 2.17 bits per heavy atom. The number of H-pyrrole nitrogens is 1. The monoisotopic (exact) mass is 313 g/mol. The van der Waals surface area contributed by atoms with Crippen molar-refractivity contribution in [2.45, 2.75) is 12.8 Å². The molecule has 1 saturated heterocycles. The molecule has 0 radical (unpaired) electrons. The van der Waals surface area contributed by atoms with E-state index in [1.165, 1.54) is 0 Å². The van der Waals surface area contributed by atoms with Gasteiger partial charge in [-0.05, 0) is 54.9 Å². The molecule has 100 valence electrons. The lowest BCUT2D eigenvalue weighted by molar-refractivity contribution is 0.0673.